The molecule has 0 fully saturated rings. The first-order chi connectivity index (χ1) is 15.1. The van der Waals surface area contributed by atoms with E-state index in [1.54, 1.807) is 48.5 Å². The standard InChI is InChI=1S/C26H22N2O3/c1-2-31-22-16-12-20(13-17-22)25(29)27-21-14-10-19(11-15-21)26(30)28-24-9-5-7-18-6-3-4-8-23(18)24/h3-17H,2H2,1H3,(H,27,29)(H,28,30). The van der Waals surface area contributed by atoms with E-state index in [1.807, 2.05) is 49.4 Å². The molecule has 0 unspecified atom stereocenters. The van der Waals surface area contributed by atoms with Crippen LogP contribution in [-0.2, 0) is 0 Å². The van der Waals surface area contributed by atoms with Gasteiger partial charge in [-0.15, -0.1) is 0 Å². The number of benzene rings is 4. The Balaban J connectivity index is 1.42. The summed E-state index contributed by atoms with van der Waals surface area (Å²) in [5.41, 5.74) is 2.41. The monoisotopic (exact) mass is 410 g/mol. The highest BCUT2D eigenvalue weighted by Crippen LogP contribution is 2.24. The minimum Gasteiger partial charge on any atom is -0.494 e. The fraction of sp³-hybridized carbons (Fsp3) is 0.0769. The summed E-state index contributed by atoms with van der Waals surface area (Å²) >= 11 is 0. The Morgan fingerprint density at radius 2 is 1.32 bits per heavy atom. The van der Waals surface area contributed by atoms with Gasteiger partial charge in [-0.3, -0.25) is 9.59 Å². The first-order valence-electron chi connectivity index (χ1n) is 10.1. The first kappa shape index (κ1) is 20.2. The summed E-state index contributed by atoms with van der Waals surface area (Å²) in [7, 11) is 0. The lowest BCUT2D eigenvalue weighted by atomic mass is 10.1. The molecule has 4 rings (SSSR count). The summed E-state index contributed by atoms with van der Waals surface area (Å²) in [5.74, 6) is 0.289. The minimum atomic E-state index is -0.226. The van der Waals surface area contributed by atoms with Gasteiger partial charge in [0, 0.05) is 27.9 Å². The van der Waals surface area contributed by atoms with E-state index in [4.69, 9.17) is 4.74 Å². The van der Waals surface area contributed by atoms with E-state index >= 15 is 0 Å². The second kappa shape index (κ2) is 9.13. The third kappa shape index (κ3) is 4.73. The summed E-state index contributed by atoms with van der Waals surface area (Å²) in [6.07, 6.45) is 0. The van der Waals surface area contributed by atoms with Crippen molar-refractivity contribution in [2.75, 3.05) is 17.2 Å². The molecular weight excluding hydrogens is 388 g/mol. The van der Waals surface area contributed by atoms with Crippen LogP contribution in [0.1, 0.15) is 27.6 Å². The summed E-state index contributed by atoms with van der Waals surface area (Å²) in [5, 5.41) is 7.85. The number of hydrogen-bond acceptors (Lipinski definition) is 3. The molecular formula is C26H22N2O3. The zero-order valence-corrected chi connectivity index (χ0v) is 17.1. The van der Waals surface area contributed by atoms with Crippen molar-refractivity contribution in [3.8, 4) is 5.75 Å². The summed E-state index contributed by atoms with van der Waals surface area (Å²) in [4.78, 5) is 25.1. The van der Waals surface area contributed by atoms with Crippen molar-refractivity contribution in [3.63, 3.8) is 0 Å². The van der Waals surface area contributed by atoms with Crippen molar-refractivity contribution < 1.29 is 14.3 Å². The van der Waals surface area contributed by atoms with Gasteiger partial charge < -0.3 is 15.4 Å². The molecule has 4 aromatic carbocycles. The lowest BCUT2D eigenvalue weighted by molar-refractivity contribution is 0.102. The topological polar surface area (TPSA) is 67.4 Å². The SMILES string of the molecule is CCOc1ccc(C(=O)Nc2ccc(C(=O)Nc3cccc4ccccc34)cc2)cc1. The lowest BCUT2D eigenvalue weighted by Crippen LogP contribution is -2.14. The van der Waals surface area contributed by atoms with Crippen LogP contribution >= 0.6 is 0 Å². The fourth-order valence-corrected chi connectivity index (χ4v) is 3.31. The maximum Gasteiger partial charge on any atom is 0.255 e. The molecule has 0 spiro atoms. The molecule has 31 heavy (non-hydrogen) atoms. The van der Waals surface area contributed by atoms with Crippen molar-refractivity contribution in [1.82, 2.24) is 0 Å². The van der Waals surface area contributed by atoms with E-state index in [-0.39, 0.29) is 11.8 Å². The molecule has 0 heterocycles. The van der Waals surface area contributed by atoms with Gasteiger partial charge in [-0.2, -0.15) is 0 Å². The zero-order valence-electron chi connectivity index (χ0n) is 17.1. The van der Waals surface area contributed by atoms with Gasteiger partial charge in [0.1, 0.15) is 5.75 Å². The van der Waals surface area contributed by atoms with Crippen LogP contribution in [0.15, 0.2) is 91.0 Å². The van der Waals surface area contributed by atoms with Crippen LogP contribution in [-0.4, -0.2) is 18.4 Å². The molecule has 5 nitrogen and oxygen atoms in total. The molecule has 0 atom stereocenters. The van der Waals surface area contributed by atoms with E-state index in [1.165, 1.54) is 0 Å². The molecule has 4 aromatic rings. The van der Waals surface area contributed by atoms with Crippen LogP contribution < -0.4 is 15.4 Å². The number of ether oxygens (including phenoxy) is 1. The van der Waals surface area contributed by atoms with Crippen LogP contribution in [0.3, 0.4) is 0 Å². The Bertz CT molecular complexity index is 1210. The molecule has 0 saturated carbocycles. The second-order valence-electron chi connectivity index (χ2n) is 6.97. The van der Waals surface area contributed by atoms with Gasteiger partial charge in [-0.05, 0) is 66.9 Å². The summed E-state index contributed by atoms with van der Waals surface area (Å²) < 4.78 is 5.39. The highest BCUT2D eigenvalue weighted by atomic mass is 16.5. The Kier molecular flexibility index (Phi) is 5.94. The van der Waals surface area contributed by atoms with E-state index in [0.29, 0.717) is 23.4 Å². The highest BCUT2D eigenvalue weighted by Gasteiger charge is 2.10. The molecule has 0 radical (unpaired) electrons. The fourth-order valence-electron chi connectivity index (χ4n) is 3.31. The van der Waals surface area contributed by atoms with Gasteiger partial charge in [0.15, 0.2) is 0 Å². The van der Waals surface area contributed by atoms with Crippen molar-refractivity contribution in [2.45, 2.75) is 6.92 Å². The Labute approximate surface area is 180 Å². The van der Waals surface area contributed by atoms with Gasteiger partial charge in [-0.1, -0.05) is 36.4 Å². The minimum absolute atomic E-state index is 0.208. The molecule has 5 heteroatoms. The number of carbonyl (C=O) groups is 2. The largest absolute Gasteiger partial charge is 0.494 e. The quantitative estimate of drug-likeness (QED) is 0.426. The third-order valence-electron chi connectivity index (χ3n) is 4.87. The van der Waals surface area contributed by atoms with E-state index in [0.717, 1.165) is 22.2 Å². The lowest BCUT2D eigenvalue weighted by Gasteiger charge is -2.10. The number of hydrogen-bond donors (Lipinski definition) is 2. The molecule has 0 bridgehead atoms. The van der Waals surface area contributed by atoms with E-state index in [2.05, 4.69) is 10.6 Å². The molecule has 0 saturated heterocycles. The van der Waals surface area contributed by atoms with Crippen molar-refractivity contribution in [1.29, 1.82) is 0 Å². The molecule has 0 aliphatic rings. The number of nitrogens with one attached hydrogen (secondary N) is 2. The van der Waals surface area contributed by atoms with Crippen LogP contribution in [0.2, 0.25) is 0 Å². The maximum absolute atomic E-state index is 12.7. The first-order valence-corrected chi connectivity index (χ1v) is 10.1. The number of rotatable bonds is 6. The summed E-state index contributed by atoms with van der Waals surface area (Å²) in [6.45, 7) is 2.48. The summed E-state index contributed by atoms with van der Waals surface area (Å²) in [6, 6.07) is 27.5. The van der Waals surface area contributed by atoms with Gasteiger partial charge >= 0.3 is 0 Å². The Morgan fingerprint density at radius 1 is 0.710 bits per heavy atom. The molecule has 0 aliphatic heterocycles. The molecule has 0 aliphatic carbocycles. The number of carbonyl (C=O) groups excluding carboxylic acids is 2. The molecule has 2 amide bonds. The average Bonchev–Trinajstić information content (AvgIpc) is 2.80. The third-order valence-corrected chi connectivity index (χ3v) is 4.87. The van der Waals surface area contributed by atoms with Crippen molar-refractivity contribution >= 4 is 34.0 Å². The van der Waals surface area contributed by atoms with Crippen molar-refractivity contribution in [3.05, 3.63) is 102 Å². The van der Waals surface area contributed by atoms with Gasteiger partial charge in [0.25, 0.3) is 11.8 Å². The van der Waals surface area contributed by atoms with Crippen LogP contribution in [0.5, 0.6) is 5.75 Å². The molecule has 2 N–H and O–H groups in total. The predicted octanol–water partition coefficient (Wildman–Crippen LogP) is 5.74. The Morgan fingerprint density at radius 3 is 2.03 bits per heavy atom. The number of fused-ring (bicyclic) bond motifs is 1. The number of anilines is 2. The van der Waals surface area contributed by atoms with E-state index in [9.17, 15) is 9.59 Å². The maximum atomic E-state index is 12.7. The Hall–Kier alpha value is -4.12. The van der Waals surface area contributed by atoms with Crippen LogP contribution in [0.4, 0.5) is 11.4 Å². The average molecular weight is 410 g/mol. The van der Waals surface area contributed by atoms with Crippen LogP contribution in [0, 0.1) is 0 Å². The molecule has 154 valence electrons. The van der Waals surface area contributed by atoms with Crippen LogP contribution in [0.25, 0.3) is 10.8 Å². The van der Waals surface area contributed by atoms with E-state index < -0.39 is 0 Å². The van der Waals surface area contributed by atoms with Gasteiger partial charge in [0.05, 0.1) is 6.61 Å². The van der Waals surface area contributed by atoms with Gasteiger partial charge in [0.2, 0.25) is 0 Å². The number of amides is 2. The second-order valence-corrected chi connectivity index (χ2v) is 6.97. The van der Waals surface area contributed by atoms with Gasteiger partial charge in [-0.25, -0.2) is 0 Å². The highest BCUT2D eigenvalue weighted by molar-refractivity contribution is 6.09. The normalized spacial score (nSPS) is 10.5. The smallest absolute Gasteiger partial charge is 0.255 e. The zero-order chi connectivity index (χ0) is 21.6. The molecule has 0 aromatic heterocycles. The predicted molar refractivity (Wildman–Crippen MR) is 124 cm³/mol. The van der Waals surface area contributed by atoms with Crippen molar-refractivity contribution in [2.24, 2.45) is 0 Å².